The standard InChI is InChI=1S/C12H14O5/c1-7(2)17-12(16)11(15)6-8-3-4-9(13)10(14)5-8/h3-5,7,13-14H,6H2,1-2H3. The van der Waals surface area contributed by atoms with Gasteiger partial charge in [0.05, 0.1) is 6.10 Å². The van der Waals surface area contributed by atoms with E-state index in [0.717, 1.165) is 0 Å². The first-order valence-corrected chi connectivity index (χ1v) is 5.15. The molecule has 0 fully saturated rings. The largest absolute Gasteiger partial charge is 0.504 e. The van der Waals surface area contributed by atoms with E-state index >= 15 is 0 Å². The molecular weight excluding hydrogens is 224 g/mol. The molecule has 0 bridgehead atoms. The van der Waals surface area contributed by atoms with Crippen LogP contribution < -0.4 is 0 Å². The van der Waals surface area contributed by atoms with Gasteiger partial charge in [-0.25, -0.2) is 4.79 Å². The molecule has 0 aliphatic carbocycles. The molecule has 0 amide bonds. The van der Waals surface area contributed by atoms with Crippen LogP contribution in [0.15, 0.2) is 18.2 Å². The topological polar surface area (TPSA) is 83.8 Å². The number of carbonyl (C=O) groups is 2. The highest BCUT2D eigenvalue weighted by Crippen LogP contribution is 2.25. The van der Waals surface area contributed by atoms with E-state index in [0.29, 0.717) is 5.56 Å². The van der Waals surface area contributed by atoms with Crippen LogP contribution in [0.4, 0.5) is 0 Å². The van der Waals surface area contributed by atoms with Gasteiger partial charge in [-0.1, -0.05) is 6.07 Å². The SMILES string of the molecule is CC(C)OC(=O)C(=O)Cc1ccc(O)c(O)c1. The number of benzene rings is 1. The van der Waals surface area contributed by atoms with Gasteiger partial charge in [-0.05, 0) is 31.5 Å². The predicted octanol–water partition coefficient (Wildman–Crippen LogP) is 1.16. The molecule has 5 nitrogen and oxygen atoms in total. The van der Waals surface area contributed by atoms with Crippen LogP contribution in [0.3, 0.4) is 0 Å². The maximum absolute atomic E-state index is 11.4. The first kappa shape index (κ1) is 13.0. The minimum atomic E-state index is -0.896. The lowest BCUT2D eigenvalue weighted by Gasteiger charge is -2.07. The molecule has 0 radical (unpaired) electrons. The summed E-state index contributed by atoms with van der Waals surface area (Å²) in [5.74, 6) is -2.19. The van der Waals surface area contributed by atoms with Gasteiger partial charge in [0.2, 0.25) is 5.78 Å². The second-order valence-corrected chi connectivity index (χ2v) is 3.88. The Morgan fingerprint density at radius 1 is 1.24 bits per heavy atom. The molecule has 1 aromatic rings. The second-order valence-electron chi connectivity index (χ2n) is 3.88. The van der Waals surface area contributed by atoms with Crippen molar-refractivity contribution in [2.24, 2.45) is 0 Å². The average Bonchev–Trinajstić information content (AvgIpc) is 2.22. The lowest BCUT2D eigenvalue weighted by atomic mass is 10.1. The van der Waals surface area contributed by atoms with Crippen molar-refractivity contribution in [3.8, 4) is 11.5 Å². The van der Waals surface area contributed by atoms with Crippen molar-refractivity contribution in [2.75, 3.05) is 0 Å². The van der Waals surface area contributed by atoms with Crippen molar-refractivity contribution in [3.63, 3.8) is 0 Å². The van der Waals surface area contributed by atoms with Gasteiger partial charge in [0.1, 0.15) is 0 Å². The van der Waals surface area contributed by atoms with Crippen molar-refractivity contribution in [2.45, 2.75) is 26.4 Å². The Hall–Kier alpha value is -2.04. The molecular formula is C12H14O5. The summed E-state index contributed by atoms with van der Waals surface area (Å²) in [6, 6.07) is 3.94. The minimum absolute atomic E-state index is 0.167. The summed E-state index contributed by atoms with van der Waals surface area (Å²) in [6.07, 6.45) is -0.515. The summed E-state index contributed by atoms with van der Waals surface area (Å²) < 4.78 is 4.74. The number of ketones is 1. The number of rotatable bonds is 4. The van der Waals surface area contributed by atoms with Crippen molar-refractivity contribution < 1.29 is 24.5 Å². The number of hydrogen-bond donors (Lipinski definition) is 2. The molecule has 5 heteroatoms. The molecule has 0 saturated carbocycles. The molecule has 0 aromatic heterocycles. The maximum Gasteiger partial charge on any atom is 0.375 e. The summed E-state index contributed by atoms with van der Waals surface area (Å²) in [6.45, 7) is 3.30. The highest BCUT2D eigenvalue weighted by Gasteiger charge is 2.17. The molecule has 0 atom stereocenters. The maximum atomic E-state index is 11.4. The quantitative estimate of drug-likeness (QED) is 0.467. The number of Topliss-reactive ketones (excluding diaryl/α,β-unsaturated/α-hetero) is 1. The van der Waals surface area contributed by atoms with Crippen molar-refractivity contribution in [1.82, 2.24) is 0 Å². The van der Waals surface area contributed by atoms with E-state index in [1.54, 1.807) is 13.8 Å². The third-order valence-corrected chi connectivity index (χ3v) is 1.97. The van der Waals surface area contributed by atoms with Gasteiger partial charge in [0.25, 0.3) is 0 Å². The molecule has 0 heterocycles. The molecule has 0 saturated heterocycles. The van der Waals surface area contributed by atoms with Crippen molar-refractivity contribution >= 4 is 11.8 Å². The second kappa shape index (κ2) is 5.34. The summed E-state index contributed by atoms with van der Waals surface area (Å²) in [5, 5.41) is 18.3. The van der Waals surface area contributed by atoms with Crippen LogP contribution in [0.5, 0.6) is 11.5 Å². The summed E-state index contributed by atoms with van der Waals surface area (Å²) in [7, 11) is 0. The Morgan fingerprint density at radius 3 is 2.41 bits per heavy atom. The van der Waals surface area contributed by atoms with E-state index in [9.17, 15) is 14.7 Å². The zero-order valence-corrected chi connectivity index (χ0v) is 9.64. The molecule has 2 N–H and O–H groups in total. The van der Waals surface area contributed by atoms with Crippen molar-refractivity contribution in [3.05, 3.63) is 23.8 Å². The van der Waals surface area contributed by atoms with Crippen LogP contribution in [-0.4, -0.2) is 28.1 Å². The number of esters is 1. The molecule has 1 aromatic carbocycles. The highest BCUT2D eigenvalue weighted by molar-refractivity contribution is 6.34. The van der Waals surface area contributed by atoms with Crippen LogP contribution in [0, 0.1) is 0 Å². The number of hydrogen-bond acceptors (Lipinski definition) is 5. The predicted molar refractivity (Wildman–Crippen MR) is 59.7 cm³/mol. The summed E-state index contributed by atoms with van der Waals surface area (Å²) in [4.78, 5) is 22.7. The molecule has 0 aliphatic rings. The first-order valence-electron chi connectivity index (χ1n) is 5.15. The molecule has 0 spiro atoms. The van der Waals surface area contributed by atoms with Gasteiger partial charge in [-0.3, -0.25) is 4.79 Å². The number of phenolic OH excluding ortho intramolecular Hbond substituents is 2. The Labute approximate surface area is 98.6 Å². The smallest absolute Gasteiger partial charge is 0.375 e. The van der Waals surface area contributed by atoms with Crippen LogP contribution in [0.1, 0.15) is 19.4 Å². The fourth-order valence-electron chi connectivity index (χ4n) is 1.22. The van der Waals surface area contributed by atoms with E-state index in [1.165, 1.54) is 18.2 Å². The number of aromatic hydroxyl groups is 2. The number of ether oxygens (including phenoxy) is 1. The summed E-state index contributed by atoms with van der Waals surface area (Å²) in [5.41, 5.74) is 0.436. The van der Waals surface area contributed by atoms with E-state index < -0.39 is 11.8 Å². The van der Waals surface area contributed by atoms with Gasteiger partial charge in [-0.15, -0.1) is 0 Å². The van der Waals surface area contributed by atoms with E-state index in [2.05, 4.69) is 0 Å². The Balaban J connectivity index is 2.68. The zero-order valence-electron chi connectivity index (χ0n) is 9.64. The minimum Gasteiger partial charge on any atom is -0.504 e. The highest BCUT2D eigenvalue weighted by atomic mass is 16.5. The lowest BCUT2D eigenvalue weighted by molar-refractivity contribution is -0.156. The van der Waals surface area contributed by atoms with Gasteiger partial charge in [0.15, 0.2) is 11.5 Å². The molecule has 0 unspecified atom stereocenters. The number of carbonyl (C=O) groups excluding carboxylic acids is 2. The van der Waals surface area contributed by atoms with E-state index in [4.69, 9.17) is 9.84 Å². The normalized spacial score (nSPS) is 10.3. The fraction of sp³-hybridized carbons (Fsp3) is 0.333. The third kappa shape index (κ3) is 3.79. The molecule has 1 rings (SSSR count). The van der Waals surface area contributed by atoms with E-state index in [-0.39, 0.29) is 24.0 Å². The van der Waals surface area contributed by atoms with Gasteiger partial charge < -0.3 is 14.9 Å². The molecule has 17 heavy (non-hydrogen) atoms. The van der Waals surface area contributed by atoms with Gasteiger partial charge in [0, 0.05) is 6.42 Å². The molecule has 92 valence electrons. The van der Waals surface area contributed by atoms with Gasteiger partial charge >= 0.3 is 5.97 Å². The van der Waals surface area contributed by atoms with Crippen molar-refractivity contribution in [1.29, 1.82) is 0 Å². The Morgan fingerprint density at radius 2 is 1.88 bits per heavy atom. The third-order valence-electron chi connectivity index (χ3n) is 1.97. The fourth-order valence-corrected chi connectivity index (χ4v) is 1.22. The van der Waals surface area contributed by atoms with Crippen LogP contribution in [-0.2, 0) is 20.7 Å². The monoisotopic (exact) mass is 238 g/mol. The van der Waals surface area contributed by atoms with Gasteiger partial charge in [-0.2, -0.15) is 0 Å². The zero-order chi connectivity index (χ0) is 13.0. The van der Waals surface area contributed by atoms with Crippen LogP contribution in [0.2, 0.25) is 0 Å². The average molecular weight is 238 g/mol. The molecule has 0 aliphatic heterocycles. The lowest BCUT2D eigenvalue weighted by Crippen LogP contribution is -2.22. The Kier molecular flexibility index (Phi) is 4.09. The van der Waals surface area contributed by atoms with Crippen LogP contribution >= 0.6 is 0 Å². The van der Waals surface area contributed by atoms with Crippen LogP contribution in [0.25, 0.3) is 0 Å². The van der Waals surface area contributed by atoms with E-state index in [1.807, 2.05) is 0 Å². The Bertz CT molecular complexity index is 437. The first-order chi connectivity index (χ1) is 7.90. The summed E-state index contributed by atoms with van der Waals surface area (Å²) >= 11 is 0. The number of phenols is 2.